The smallest absolute Gasteiger partial charge is 0.209 e. The van der Waals surface area contributed by atoms with Crippen molar-refractivity contribution in [2.45, 2.75) is 6.92 Å². The van der Waals surface area contributed by atoms with Crippen LogP contribution in [0.15, 0.2) is 28.7 Å². The van der Waals surface area contributed by atoms with Gasteiger partial charge in [-0.05, 0) is 24.3 Å². The van der Waals surface area contributed by atoms with E-state index in [1.165, 1.54) is 0 Å². The van der Waals surface area contributed by atoms with E-state index in [4.69, 9.17) is 9.88 Å². The van der Waals surface area contributed by atoms with Gasteiger partial charge in [-0.1, -0.05) is 22.9 Å². The molecular weight excluding hydrogens is 294 g/mol. The number of primary sulfonamides is 1. The second kappa shape index (κ2) is 5.65. The lowest BCUT2D eigenvalue weighted by atomic mass is 10.2. The fraction of sp³-hybridized carbons (Fsp3) is 0.400. The molecule has 1 aromatic carbocycles. The molecule has 4 nitrogen and oxygen atoms in total. The highest BCUT2D eigenvalue weighted by Crippen LogP contribution is 2.16. The maximum absolute atomic E-state index is 10.8. The van der Waals surface area contributed by atoms with E-state index < -0.39 is 10.0 Å². The van der Waals surface area contributed by atoms with E-state index in [-0.39, 0.29) is 11.7 Å². The van der Waals surface area contributed by atoms with Gasteiger partial charge in [0.05, 0.1) is 12.4 Å². The van der Waals surface area contributed by atoms with Crippen LogP contribution in [0.4, 0.5) is 0 Å². The van der Waals surface area contributed by atoms with Crippen LogP contribution >= 0.6 is 15.9 Å². The number of benzene rings is 1. The quantitative estimate of drug-likeness (QED) is 0.901. The predicted octanol–water partition coefficient (Wildman–Crippen LogP) is 1.75. The summed E-state index contributed by atoms with van der Waals surface area (Å²) < 4.78 is 28.0. The first-order valence-corrected chi connectivity index (χ1v) is 7.26. The molecular formula is C10H14BrNO3S. The molecule has 1 rings (SSSR count). The molecule has 1 unspecified atom stereocenters. The van der Waals surface area contributed by atoms with Gasteiger partial charge in [0.25, 0.3) is 0 Å². The average Bonchev–Trinajstić information content (AvgIpc) is 2.14. The Morgan fingerprint density at radius 1 is 1.38 bits per heavy atom. The molecule has 0 radical (unpaired) electrons. The number of nitrogens with two attached hydrogens (primary N) is 1. The van der Waals surface area contributed by atoms with Crippen molar-refractivity contribution in [2.75, 3.05) is 12.4 Å². The molecule has 1 atom stereocenters. The van der Waals surface area contributed by atoms with E-state index in [9.17, 15) is 8.42 Å². The molecule has 0 saturated carbocycles. The van der Waals surface area contributed by atoms with Gasteiger partial charge in [-0.25, -0.2) is 13.6 Å². The van der Waals surface area contributed by atoms with E-state index in [1.54, 1.807) is 6.92 Å². The van der Waals surface area contributed by atoms with Gasteiger partial charge in [0.1, 0.15) is 5.75 Å². The van der Waals surface area contributed by atoms with Crippen LogP contribution < -0.4 is 9.88 Å². The van der Waals surface area contributed by atoms with Crippen molar-refractivity contribution in [1.82, 2.24) is 0 Å². The minimum atomic E-state index is -3.42. The van der Waals surface area contributed by atoms with Crippen LogP contribution in [0.1, 0.15) is 6.92 Å². The summed E-state index contributed by atoms with van der Waals surface area (Å²) in [6, 6.07) is 7.35. The lowest BCUT2D eigenvalue weighted by Gasteiger charge is -2.11. The van der Waals surface area contributed by atoms with Crippen LogP contribution in [0.25, 0.3) is 0 Å². The molecule has 0 fully saturated rings. The third kappa shape index (κ3) is 5.48. The van der Waals surface area contributed by atoms with E-state index >= 15 is 0 Å². The van der Waals surface area contributed by atoms with Crippen molar-refractivity contribution in [3.8, 4) is 5.75 Å². The first-order chi connectivity index (χ1) is 7.37. The molecule has 0 heterocycles. The van der Waals surface area contributed by atoms with Crippen LogP contribution in [0, 0.1) is 5.92 Å². The summed E-state index contributed by atoms with van der Waals surface area (Å²) in [6.45, 7) is 2.11. The van der Waals surface area contributed by atoms with Gasteiger partial charge in [0.2, 0.25) is 10.0 Å². The zero-order valence-corrected chi connectivity index (χ0v) is 11.3. The Kier molecular flexibility index (Phi) is 4.76. The third-order valence-electron chi connectivity index (χ3n) is 1.86. The number of sulfonamides is 1. The second-order valence-electron chi connectivity index (χ2n) is 3.70. The Balaban J connectivity index is 2.43. The second-order valence-corrected chi connectivity index (χ2v) is 6.27. The average molecular weight is 308 g/mol. The highest BCUT2D eigenvalue weighted by atomic mass is 79.9. The van der Waals surface area contributed by atoms with Crippen LogP contribution in [-0.2, 0) is 10.0 Å². The SMILES string of the molecule is CC(COc1ccc(Br)cc1)CS(N)(=O)=O. The zero-order chi connectivity index (χ0) is 12.2. The Labute approximate surface area is 104 Å². The molecule has 0 bridgehead atoms. The molecule has 16 heavy (non-hydrogen) atoms. The predicted molar refractivity (Wildman–Crippen MR) is 66.8 cm³/mol. The van der Waals surface area contributed by atoms with Gasteiger partial charge >= 0.3 is 0 Å². The van der Waals surface area contributed by atoms with Gasteiger partial charge < -0.3 is 4.74 Å². The van der Waals surface area contributed by atoms with E-state index in [0.717, 1.165) is 4.47 Å². The number of ether oxygens (including phenoxy) is 1. The molecule has 90 valence electrons. The van der Waals surface area contributed by atoms with Crippen LogP contribution in [0.2, 0.25) is 0 Å². The van der Waals surface area contributed by atoms with Crippen LogP contribution in [0.3, 0.4) is 0 Å². The molecule has 0 aromatic heterocycles. The van der Waals surface area contributed by atoms with E-state index in [1.807, 2.05) is 24.3 Å². The van der Waals surface area contributed by atoms with Gasteiger partial charge in [-0.3, -0.25) is 0 Å². The molecule has 6 heteroatoms. The van der Waals surface area contributed by atoms with Crippen molar-refractivity contribution in [1.29, 1.82) is 0 Å². The molecule has 0 aliphatic heterocycles. The Morgan fingerprint density at radius 2 is 1.94 bits per heavy atom. The van der Waals surface area contributed by atoms with E-state index in [0.29, 0.717) is 12.4 Å². The fourth-order valence-electron chi connectivity index (χ4n) is 1.21. The molecule has 0 aliphatic rings. The third-order valence-corrected chi connectivity index (χ3v) is 3.43. The summed E-state index contributed by atoms with van der Waals surface area (Å²) in [4.78, 5) is 0. The largest absolute Gasteiger partial charge is 0.493 e. The van der Waals surface area contributed by atoms with Crippen molar-refractivity contribution < 1.29 is 13.2 Å². The normalized spacial score (nSPS) is 13.4. The lowest BCUT2D eigenvalue weighted by Crippen LogP contribution is -2.25. The Hall–Kier alpha value is -0.590. The topological polar surface area (TPSA) is 69.4 Å². The van der Waals surface area contributed by atoms with Crippen molar-refractivity contribution >= 4 is 26.0 Å². The highest BCUT2D eigenvalue weighted by molar-refractivity contribution is 9.10. The number of hydrogen-bond acceptors (Lipinski definition) is 3. The summed E-state index contributed by atoms with van der Waals surface area (Å²) in [5, 5.41) is 4.94. The van der Waals surface area contributed by atoms with E-state index in [2.05, 4.69) is 15.9 Å². The van der Waals surface area contributed by atoms with Crippen LogP contribution in [0.5, 0.6) is 5.75 Å². The molecule has 0 amide bonds. The molecule has 0 saturated heterocycles. The molecule has 0 aliphatic carbocycles. The molecule has 1 aromatic rings. The summed E-state index contributed by atoms with van der Waals surface area (Å²) in [7, 11) is -3.42. The maximum Gasteiger partial charge on any atom is 0.209 e. The van der Waals surface area contributed by atoms with Crippen molar-refractivity contribution in [2.24, 2.45) is 11.1 Å². The van der Waals surface area contributed by atoms with Gasteiger partial charge in [0.15, 0.2) is 0 Å². The van der Waals surface area contributed by atoms with Crippen LogP contribution in [-0.4, -0.2) is 20.8 Å². The minimum Gasteiger partial charge on any atom is -0.493 e. The first kappa shape index (κ1) is 13.5. The van der Waals surface area contributed by atoms with Gasteiger partial charge in [-0.15, -0.1) is 0 Å². The summed E-state index contributed by atoms with van der Waals surface area (Å²) in [5.41, 5.74) is 0. The summed E-state index contributed by atoms with van der Waals surface area (Å²) in [6.07, 6.45) is 0. The fourth-order valence-corrected chi connectivity index (χ4v) is 2.37. The first-order valence-electron chi connectivity index (χ1n) is 4.75. The molecule has 0 spiro atoms. The maximum atomic E-state index is 10.8. The van der Waals surface area contributed by atoms with Crippen molar-refractivity contribution in [3.05, 3.63) is 28.7 Å². The number of hydrogen-bond donors (Lipinski definition) is 1. The minimum absolute atomic E-state index is 0.0659. The zero-order valence-electron chi connectivity index (χ0n) is 8.89. The number of halogens is 1. The summed E-state index contributed by atoms with van der Waals surface area (Å²) >= 11 is 3.31. The van der Waals surface area contributed by atoms with Gasteiger partial charge in [-0.2, -0.15) is 0 Å². The van der Waals surface area contributed by atoms with Gasteiger partial charge in [0, 0.05) is 10.4 Å². The Bertz CT molecular complexity index is 430. The van der Waals surface area contributed by atoms with Crippen molar-refractivity contribution in [3.63, 3.8) is 0 Å². The monoisotopic (exact) mass is 307 g/mol. The highest BCUT2D eigenvalue weighted by Gasteiger charge is 2.11. The lowest BCUT2D eigenvalue weighted by molar-refractivity contribution is 0.272. The summed E-state index contributed by atoms with van der Waals surface area (Å²) in [5.74, 6) is 0.520. The Morgan fingerprint density at radius 3 is 2.44 bits per heavy atom. The standard InChI is InChI=1S/C10H14BrNO3S/c1-8(7-16(12,13)14)6-15-10-4-2-9(11)3-5-10/h2-5,8H,6-7H2,1H3,(H2,12,13,14). The molecule has 2 N–H and O–H groups in total. The number of rotatable bonds is 5.